The number of aliphatic hydroxyl groups is 1. The van der Waals surface area contributed by atoms with Crippen LogP contribution in [0.15, 0.2) is 36.7 Å². The summed E-state index contributed by atoms with van der Waals surface area (Å²) in [7, 11) is 0. The van der Waals surface area contributed by atoms with Crippen molar-refractivity contribution in [3.8, 4) is 0 Å². The minimum absolute atomic E-state index is 0.0363. The van der Waals surface area contributed by atoms with Gasteiger partial charge in [0.05, 0.1) is 24.9 Å². The summed E-state index contributed by atoms with van der Waals surface area (Å²) in [5, 5.41) is 16.0. The molecule has 1 aromatic heterocycles. The Morgan fingerprint density at radius 2 is 2.16 bits per heavy atom. The lowest BCUT2D eigenvalue weighted by Crippen LogP contribution is -2.48. The second-order valence-corrected chi connectivity index (χ2v) is 6.48. The van der Waals surface area contributed by atoms with Gasteiger partial charge in [0, 0.05) is 18.4 Å². The highest BCUT2D eigenvalue weighted by molar-refractivity contribution is 6.02. The number of aromatic nitrogens is 2. The standard InChI is InChI=1S/C18H22N4O3/c1-12(2)16-17(24)20-15-6-4-3-5-13(15)11-22(16)18(25)14-9-19-21(10-14)7-8-23/h3-6,9-10,12,16,23H,7-8,11H2,1-2H3,(H,20,24)/t16-/m0/s1. The van der Waals surface area contributed by atoms with Crippen LogP contribution in [0, 0.1) is 5.92 Å². The molecule has 1 atom stereocenters. The van der Waals surface area contributed by atoms with Gasteiger partial charge >= 0.3 is 0 Å². The summed E-state index contributed by atoms with van der Waals surface area (Å²) >= 11 is 0. The molecule has 2 aromatic rings. The highest BCUT2D eigenvalue weighted by Gasteiger charge is 2.36. The number of nitrogens with zero attached hydrogens (tertiary/aromatic N) is 3. The van der Waals surface area contributed by atoms with Crippen molar-refractivity contribution in [2.45, 2.75) is 33.0 Å². The lowest BCUT2D eigenvalue weighted by molar-refractivity contribution is -0.121. The molecule has 2 heterocycles. The zero-order valence-electron chi connectivity index (χ0n) is 14.3. The molecular formula is C18H22N4O3. The van der Waals surface area contributed by atoms with Crippen LogP contribution in [-0.2, 0) is 17.9 Å². The van der Waals surface area contributed by atoms with Crippen molar-refractivity contribution < 1.29 is 14.7 Å². The Hall–Kier alpha value is -2.67. The van der Waals surface area contributed by atoms with E-state index in [1.54, 1.807) is 11.1 Å². The molecule has 132 valence electrons. The van der Waals surface area contributed by atoms with Crippen LogP contribution in [0.5, 0.6) is 0 Å². The monoisotopic (exact) mass is 342 g/mol. The molecule has 0 saturated heterocycles. The zero-order valence-corrected chi connectivity index (χ0v) is 14.3. The molecule has 2 N–H and O–H groups in total. The summed E-state index contributed by atoms with van der Waals surface area (Å²) in [5.74, 6) is -0.462. The van der Waals surface area contributed by atoms with E-state index in [4.69, 9.17) is 5.11 Å². The van der Waals surface area contributed by atoms with Crippen molar-refractivity contribution in [1.29, 1.82) is 0 Å². The van der Waals surface area contributed by atoms with Gasteiger partial charge in [0.2, 0.25) is 5.91 Å². The molecule has 0 saturated carbocycles. The fraction of sp³-hybridized carbons (Fsp3) is 0.389. The van der Waals surface area contributed by atoms with Gasteiger partial charge in [0.15, 0.2) is 0 Å². The predicted octanol–water partition coefficient (Wildman–Crippen LogP) is 1.49. The van der Waals surface area contributed by atoms with Crippen molar-refractivity contribution in [2.24, 2.45) is 5.92 Å². The molecule has 0 aliphatic carbocycles. The number of amides is 2. The van der Waals surface area contributed by atoms with Gasteiger partial charge in [-0.25, -0.2) is 0 Å². The van der Waals surface area contributed by atoms with Crippen LogP contribution >= 0.6 is 0 Å². The summed E-state index contributed by atoms with van der Waals surface area (Å²) in [6.45, 7) is 4.47. The van der Waals surface area contributed by atoms with Gasteiger partial charge in [-0.1, -0.05) is 32.0 Å². The van der Waals surface area contributed by atoms with Crippen LogP contribution in [-0.4, -0.2) is 44.3 Å². The van der Waals surface area contributed by atoms with Crippen LogP contribution in [0.4, 0.5) is 5.69 Å². The van der Waals surface area contributed by atoms with Crippen molar-refractivity contribution in [3.05, 3.63) is 47.8 Å². The first kappa shape index (κ1) is 17.2. The fourth-order valence-electron chi connectivity index (χ4n) is 3.14. The zero-order chi connectivity index (χ0) is 18.0. The van der Waals surface area contributed by atoms with E-state index in [0.717, 1.165) is 11.3 Å². The molecule has 0 fully saturated rings. The van der Waals surface area contributed by atoms with Crippen LogP contribution in [0.3, 0.4) is 0 Å². The van der Waals surface area contributed by atoms with E-state index in [1.807, 2.05) is 38.1 Å². The number of aliphatic hydroxyl groups excluding tert-OH is 1. The largest absolute Gasteiger partial charge is 0.394 e. The lowest BCUT2D eigenvalue weighted by atomic mass is 10.0. The average Bonchev–Trinajstić information content (AvgIpc) is 2.97. The molecule has 2 amide bonds. The molecule has 7 heteroatoms. The lowest BCUT2D eigenvalue weighted by Gasteiger charge is -2.31. The Morgan fingerprint density at radius 3 is 2.88 bits per heavy atom. The van der Waals surface area contributed by atoms with Gasteiger partial charge in [0.1, 0.15) is 6.04 Å². The summed E-state index contributed by atoms with van der Waals surface area (Å²) in [5.41, 5.74) is 2.05. The quantitative estimate of drug-likeness (QED) is 0.881. The molecule has 7 nitrogen and oxygen atoms in total. The minimum atomic E-state index is -0.568. The SMILES string of the molecule is CC(C)[C@H]1C(=O)Nc2ccccc2CN1C(=O)c1cnn(CCO)c1. The third kappa shape index (κ3) is 3.41. The highest BCUT2D eigenvalue weighted by Crippen LogP contribution is 2.27. The predicted molar refractivity (Wildman–Crippen MR) is 92.9 cm³/mol. The average molecular weight is 342 g/mol. The number of fused-ring (bicyclic) bond motifs is 1. The second kappa shape index (κ2) is 7.06. The molecule has 1 aliphatic heterocycles. The minimum Gasteiger partial charge on any atom is -0.394 e. The number of nitrogens with one attached hydrogen (secondary N) is 1. The molecule has 25 heavy (non-hydrogen) atoms. The molecule has 1 aromatic carbocycles. The molecule has 1 aliphatic rings. The van der Waals surface area contributed by atoms with Gasteiger partial charge in [-0.2, -0.15) is 5.10 Å². The Morgan fingerprint density at radius 1 is 1.40 bits per heavy atom. The van der Waals surface area contributed by atoms with Gasteiger partial charge in [-0.3, -0.25) is 14.3 Å². The van der Waals surface area contributed by atoms with E-state index in [0.29, 0.717) is 18.7 Å². The summed E-state index contributed by atoms with van der Waals surface area (Å²) in [4.78, 5) is 27.4. The van der Waals surface area contributed by atoms with Crippen molar-refractivity contribution in [3.63, 3.8) is 0 Å². The van der Waals surface area contributed by atoms with E-state index in [9.17, 15) is 9.59 Å². The van der Waals surface area contributed by atoms with E-state index in [-0.39, 0.29) is 24.3 Å². The molecule has 0 unspecified atom stereocenters. The number of carbonyl (C=O) groups is 2. The summed E-state index contributed by atoms with van der Waals surface area (Å²) in [6, 6.07) is 6.94. The van der Waals surface area contributed by atoms with Gasteiger partial charge in [0.25, 0.3) is 5.91 Å². The number of rotatable bonds is 4. The first-order valence-corrected chi connectivity index (χ1v) is 8.34. The Kier molecular flexibility index (Phi) is 4.85. The van der Waals surface area contributed by atoms with Gasteiger partial charge in [-0.15, -0.1) is 0 Å². The van der Waals surface area contributed by atoms with Crippen molar-refractivity contribution in [2.75, 3.05) is 11.9 Å². The maximum absolute atomic E-state index is 13.1. The molecule has 0 spiro atoms. The number of para-hydroxylation sites is 1. The normalized spacial score (nSPS) is 17.2. The molecule has 0 radical (unpaired) electrons. The van der Waals surface area contributed by atoms with E-state index in [2.05, 4.69) is 10.4 Å². The number of carbonyl (C=O) groups excluding carboxylic acids is 2. The van der Waals surface area contributed by atoms with E-state index < -0.39 is 6.04 Å². The molecular weight excluding hydrogens is 320 g/mol. The van der Waals surface area contributed by atoms with Crippen molar-refractivity contribution in [1.82, 2.24) is 14.7 Å². The first-order valence-electron chi connectivity index (χ1n) is 8.34. The molecule has 3 rings (SSSR count). The summed E-state index contributed by atoms with van der Waals surface area (Å²) < 4.78 is 1.52. The van der Waals surface area contributed by atoms with Gasteiger partial charge < -0.3 is 15.3 Å². The Bertz CT molecular complexity index is 784. The van der Waals surface area contributed by atoms with Gasteiger partial charge in [-0.05, 0) is 17.5 Å². The van der Waals surface area contributed by atoms with Crippen molar-refractivity contribution >= 4 is 17.5 Å². The smallest absolute Gasteiger partial charge is 0.258 e. The number of anilines is 1. The van der Waals surface area contributed by atoms with Crippen LogP contribution in [0.2, 0.25) is 0 Å². The van der Waals surface area contributed by atoms with Crippen LogP contribution in [0.1, 0.15) is 29.8 Å². The Labute approximate surface area is 146 Å². The topological polar surface area (TPSA) is 87.5 Å². The summed E-state index contributed by atoms with van der Waals surface area (Å²) in [6.07, 6.45) is 3.08. The number of benzene rings is 1. The Balaban J connectivity index is 1.97. The highest BCUT2D eigenvalue weighted by atomic mass is 16.3. The van der Waals surface area contributed by atoms with Crippen LogP contribution in [0.25, 0.3) is 0 Å². The maximum atomic E-state index is 13.1. The first-order chi connectivity index (χ1) is 12.0. The third-order valence-corrected chi connectivity index (χ3v) is 4.32. The number of hydrogen-bond acceptors (Lipinski definition) is 4. The van der Waals surface area contributed by atoms with E-state index in [1.165, 1.54) is 10.9 Å². The number of hydrogen-bond donors (Lipinski definition) is 2. The fourth-order valence-corrected chi connectivity index (χ4v) is 3.14. The molecule has 0 bridgehead atoms. The van der Waals surface area contributed by atoms with Crippen LogP contribution < -0.4 is 5.32 Å². The van der Waals surface area contributed by atoms with E-state index >= 15 is 0 Å². The third-order valence-electron chi connectivity index (χ3n) is 4.32. The maximum Gasteiger partial charge on any atom is 0.258 e. The second-order valence-electron chi connectivity index (χ2n) is 6.48.